The Balaban J connectivity index is 2.92. The number of hydrogen-bond acceptors (Lipinski definition) is 4. The number of rotatable bonds is 3. The molecule has 0 fully saturated rings. The molecule has 0 unspecified atom stereocenters. The van der Waals surface area contributed by atoms with Crippen molar-refractivity contribution in [3.05, 3.63) is 35.9 Å². The lowest BCUT2D eigenvalue weighted by Crippen LogP contribution is -2.40. The lowest BCUT2D eigenvalue weighted by atomic mass is 9.93. The van der Waals surface area contributed by atoms with Crippen LogP contribution in [0.4, 0.5) is 13.2 Å². The minimum absolute atomic E-state index is 0.281. The smallest absolute Gasteiger partial charge is 0.316 e. The van der Waals surface area contributed by atoms with Crippen molar-refractivity contribution in [3.63, 3.8) is 0 Å². The second-order valence-electron chi connectivity index (χ2n) is 4.42. The lowest BCUT2D eigenvalue weighted by Gasteiger charge is -2.23. The molecule has 4 nitrogen and oxygen atoms in total. The van der Waals surface area contributed by atoms with Crippen molar-refractivity contribution in [3.8, 4) is 6.07 Å². The Morgan fingerprint density at radius 1 is 1.25 bits per heavy atom. The van der Waals surface area contributed by atoms with E-state index in [0.29, 0.717) is 19.4 Å². The van der Waals surface area contributed by atoms with Crippen molar-refractivity contribution in [1.29, 1.82) is 5.26 Å². The van der Waals surface area contributed by atoms with Gasteiger partial charge in [-0.2, -0.15) is 18.4 Å². The van der Waals surface area contributed by atoms with Crippen molar-refractivity contribution in [1.82, 2.24) is 0 Å². The summed E-state index contributed by atoms with van der Waals surface area (Å²) < 4.78 is 37.8. The van der Waals surface area contributed by atoms with Crippen LogP contribution >= 0.6 is 0 Å². The Hall–Kier alpha value is -2.36. The summed E-state index contributed by atoms with van der Waals surface area (Å²) in [5, 5.41) is 12.1. The summed E-state index contributed by atoms with van der Waals surface area (Å²) in [6.45, 7) is 1.36. The first kappa shape index (κ1) is 15.7. The van der Waals surface area contributed by atoms with Gasteiger partial charge in [0.25, 0.3) is 0 Å². The van der Waals surface area contributed by atoms with E-state index >= 15 is 0 Å². The van der Waals surface area contributed by atoms with Crippen molar-refractivity contribution in [2.45, 2.75) is 20.0 Å². The normalized spacial score (nSPS) is 12.7. The van der Waals surface area contributed by atoms with Crippen molar-refractivity contribution in [2.24, 2.45) is 10.6 Å². The van der Waals surface area contributed by atoms with Gasteiger partial charge in [-0.25, -0.2) is 4.79 Å². The van der Waals surface area contributed by atoms with E-state index in [-0.39, 0.29) is 5.71 Å². The van der Waals surface area contributed by atoms with Crippen molar-refractivity contribution in [2.75, 3.05) is 0 Å². The zero-order valence-corrected chi connectivity index (χ0v) is 10.7. The number of alkyl halides is 3. The van der Waals surface area contributed by atoms with Crippen LogP contribution in [0, 0.1) is 16.7 Å². The number of oxime groups is 1. The molecule has 0 radical (unpaired) electrons. The highest BCUT2D eigenvalue weighted by Crippen LogP contribution is 2.38. The number of carbonyl (C=O) groups is 1. The van der Waals surface area contributed by atoms with Gasteiger partial charge in [-0.15, -0.1) is 0 Å². The third-order valence-electron chi connectivity index (χ3n) is 2.59. The van der Waals surface area contributed by atoms with Crippen LogP contribution in [0.15, 0.2) is 35.5 Å². The Morgan fingerprint density at radius 2 is 1.80 bits per heavy atom. The minimum atomic E-state index is -4.76. The van der Waals surface area contributed by atoms with E-state index in [9.17, 15) is 18.0 Å². The van der Waals surface area contributed by atoms with Crippen molar-refractivity contribution < 1.29 is 22.8 Å². The Bertz CT molecular complexity index is 557. The summed E-state index contributed by atoms with van der Waals surface area (Å²) >= 11 is 0. The van der Waals surface area contributed by atoms with Gasteiger partial charge in [-0.1, -0.05) is 35.5 Å². The van der Waals surface area contributed by atoms with Gasteiger partial charge in [0.2, 0.25) is 0 Å². The van der Waals surface area contributed by atoms with Crippen LogP contribution in [0.5, 0.6) is 0 Å². The van der Waals surface area contributed by atoms with Gasteiger partial charge < -0.3 is 4.84 Å². The maximum Gasteiger partial charge on any atom is 0.404 e. The van der Waals surface area contributed by atoms with Gasteiger partial charge >= 0.3 is 12.1 Å². The number of hydrogen-bond donors (Lipinski definition) is 0. The maximum absolute atomic E-state index is 12.6. The largest absolute Gasteiger partial charge is 0.404 e. The predicted molar refractivity (Wildman–Crippen MR) is 64.5 cm³/mol. The second kappa shape index (κ2) is 5.74. The molecular weight excluding hydrogens is 273 g/mol. The van der Waals surface area contributed by atoms with E-state index in [0.717, 1.165) is 0 Å². The van der Waals surface area contributed by atoms with Crippen LogP contribution < -0.4 is 0 Å². The molecule has 1 aromatic rings. The number of nitriles is 1. The van der Waals surface area contributed by atoms with Crippen LogP contribution in [0.3, 0.4) is 0 Å². The molecule has 0 bridgehead atoms. The van der Waals surface area contributed by atoms with Gasteiger partial charge in [0.15, 0.2) is 11.1 Å². The molecule has 0 atom stereocenters. The summed E-state index contributed by atoms with van der Waals surface area (Å²) in [5.41, 5.74) is -2.64. The number of halogens is 3. The molecule has 1 rings (SSSR count). The third kappa shape index (κ3) is 3.35. The molecule has 20 heavy (non-hydrogen) atoms. The van der Waals surface area contributed by atoms with Crippen LogP contribution in [-0.2, 0) is 9.63 Å². The Labute approximate surface area is 113 Å². The molecule has 0 aliphatic heterocycles. The molecule has 1 aromatic carbocycles. The summed E-state index contributed by atoms with van der Waals surface area (Å²) in [4.78, 5) is 15.7. The predicted octanol–water partition coefficient (Wildman–Crippen LogP) is 3.05. The SMILES string of the molecule is CC(C)(C(=O)ON=C(C#N)c1ccccc1)C(F)(F)F. The quantitative estimate of drug-likeness (QED) is 0.487. The highest BCUT2D eigenvalue weighted by Gasteiger charge is 2.54. The first-order valence-electron chi connectivity index (χ1n) is 5.52. The van der Waals surface area contributed by atoms with Crippen LogP contribution in [0.1, 0.15) is 19.4 Å². The molecule has 0 saturated carbocycles. The van der Waals surface area contributed by atoms with Crippen LogP contribution in [0.2, 0.25) is 0 Å². The average Bonchev–Trinajstić information content (AvgIpc) is 2.39. The van der Waals surface area contributed by atoms with E-state index < -0.39 is 17.6 Å². The molecule has 0 spiro atoms. The monoisotopic (exact) mass is 284 g/mol. The third-order valence-corrected chi connectivity index (χ3v) is 2.59. The molecule has 106 valence electrons. The molecule has 0 aliphatic rings. The summed E-state index contributed by atoms with van der Waals surface area (Å²) in [7, 11) is 0. The molecule has 0 amide bonds. The summed E-state index contributed by atoms with van der Waals surface area (Å²) in [6, 6.07) is 9.61. The standard InChI is InChI=1S/C13H11F3N2O2/c1-12(2,13(14,15)16)11(19)20-18-10(8-17)9-6-4-3-5-7-9/h3-7H,1-2H3. The minimum Gasteiger partial charge on any atom is -0.316 e. The molecule has 0 aromatic heterocycles. The fourth-order valence-corrected chi connectivity index (χ4v) is 1.05. The fourth-order valence-electron chi connectivity index (χ4n) is 1.05. The van der Waals surface area contributed by atoms with E-state index in [1.54, 1.807) is 24.3 Å². The molecule has 0 N–H and O–H groups in total. The number of nitrogens with zero attached hydrogens (tertiary/aromatic N) is 2. The average molecular weight is 284 g/mol. The van der Waals surface area contributed by atoms with Crippen LogP contribution in [0.25, 0.3) is 0 Å². The van der Waals surface area contributed by atoms with Gasteiger partial charge in [-0.3, -0.25) is 0 Å². The van der Waals surface area contributed by atoms with Gasteiger partial charge in [0.1, 0.15) is 6.07 Å². The molecule has 0 saturated heterocycles. The van der Waals surface area contributed by atoms with Gasteiger partial charge in [0, 0.05) is 5.56 Å². The van der Waals surface area contributed by atoms with Gasteiger partial charge in [-0.05, 0) is 13.8 Å². The molecule has 0 heterocycles. The first-order chi connectivity index (χ1) is 9.20. The zero-order valence-electron chi connectivity index (χ0n) is 10.7. The highest BCUT2D eigenvalue weighted by molar-refractivity contribution is 6.11. The van der Waals surface area contributed by atoms with Gasteiger partial charge in [0.05, 0.1) is 0 Å². The fraction of sp³-hybridized carbons (Fsp3) is 0.308. The molecule has 7 heteroatoms. The zero-order chi connectivity index (χ0) is 15.4. The second-order valence-corrected chi connectivity index (χ2v) is 4.42. The summed E-state index contributed by atoms with van der Waals surface area (Å²) in [6.07, 6.45) is -4.76. The van der Waals surface area contributed by atoms with E-state index in [1.165, 1.54) is 12.1 Å². The number of carbonyl (C=O) groups excluding carboxylic acids is 1. The van der Waals surface area contributed by atoms with Crippen molar-refractivity contribution >= 4 is 11.7 Å². The highest BCUT2D eigenvalue weighted by atomic mass is 19.4. The number of benzene rings is 1. The lowest BCUT2D eigenvalue weighted by molar-refractivity contribution is -0.224. The molecular formula is C13H11F3N2O2. The Kier molecular flexibility index (Phi) is 4.50. The Morgan fingerprint density at radius 3 is 2.25 bits per heavy atom. The summed E-state index contributed by atoms with van der Waals surface area (Å²) in [5.74, 6) is -1.58. The van der Waals surface area contributed by atoms with E-state index in [4.69, 9.17) is 5.26 Å². The molecule has 0 aliphatic carbocycles. The van der Waals surface area contributed by atoms with Crippen LogP contribution in [-0.4, -0.2) is 17.9 Å². The van der Waals surface area contributed by atoms with E-state index in [2.05, 4.69) is 9.99 Å². The van der Waals surface area contributed by atoms with E-state index in [1.807, 2.05) is 0 Å². The first-order valence-corrected chi connectivity index (χ1v) is 5.52. The topological polar surface area (TPSA) is 62.4 Å². The maximum atomic E-state index is 12.6.